The number of halogens is 1. The average Bonchev–Trinajstić information content (AvgIpc) is 3.37. The molecular weight excluding hydrogens is 415 g/mol. The average molecular weight is 444 g/mol. The van der Waals surface area contributed by atoms with E-state index in [1.807, 2.05) is 44.3 Å². The van der Waals surface area contributed by atoms with Gasteiger partial charge in [0.05, 0.1) is 0 Å². The van der Waals surface area contributed by atoms with E-state index in [9.17, 15) is 4.79 Å². The van der Waals surface area contributed by atoms with Gasteiger partial charge in [-0.15, -0.1) is 24.0 Å². The van der Waals surface area contributed by atoms with Crippen molar-refractivity contribution in [2.45, 2.75) is 32.7 Å². The molecule has 0 radical (unpaired) electrons. The predicted molar refractivity (Wildman–Crippen MR) is 110 cm³/mol. The van der Waals surface area contributed by atoms with Crippen LogP contribution in [0.2, 0.25) is 0 Å². The van der Waals surface area contributed by atoms with Gasteiger partial charge in [-0.05, 0) is 31.2 Å². The first-order valence-electron chi connectivity index (χ1n) is 8.49. The Bertz CT molecular complexity index is 517. The zero-order valence-electron chi connectivity index (χ0n) is 14.6. The highest BCUT2D eigenvalue weighted by Gasteiger charge is 2.20. The second-order valence-corrected chi connectivity index (χ2v) is 6.08. The van der Waals surface area contributed by atoms with Gasteiger partial charge in [0.25, 0.3) is 0 Å². The van der Waals surface area contributed by atoms with Crippen molar-refractivity contribution in [3.63, 3.8) is 0 Å². The van der Waals surface area contributed by atoms with Gasteiger partial charge in [-0.1, -0.05) is 30.3 Å². The third-order valence-corrected chi connectivity index (χ3v) is 3.87. The van der Waals surface area contributed by atoms with E-state index in [0.29, 0.717) is 19.5 Å². The van der Waals surface area contributed by atoms with Gasteiger partial charge >= 0.3 is 0 Å². The number of guanidine groups is 1. The molecule has 0 aromatic heterocycles. The van der Waals surface area contributed by atoms with Gasteiger partial charge < -0.3 is 15.5 Å². The van der Waals surface area contributed by atoms with E-state index in [2.05, 4.69) is 15.6 Å². The summed E-state index contributed by atoms with van der Waals surface area (Å²) in [5, 5.41) is 6.47. The first-order valence-corrected chi connectivity index (χ1v) is 8.49. The molecule has 1 aromatic carbocycles. The van der Waals surface area contributed by atoms with E-state index in [1.165, 1.54) is 12.8 Å². The molecule has 1 aromatic rings. The van der Waals surface area contributed by atoms with Crippen LogP contribution in [0, 0.1) is 5.92 Å². The number of hydrogen-bond acceptors (Lipinski definition) is 2. The Morgan fingerprint density at radius 3 is 2.58 bits per heavy atom. The summed E-state index contributed by atoms with van der Waals surface area (Å²) in [6.07, 6.45) is 3.06. The molecule has 1 aliphatic carbocycles. The number of rotatable bonds is 8. The number of nitrogens with one attached hydrogen (secondary N) is 2. The standard InChI is InChI=1S/C18H28N4O.HI/c1-3-19-18(21-13-15-9-10-15)20-12-11-17(23)22(2)14-16-7-5-4-6-8-16;/h4-8,15H,3,9-14H2,1-2H3,(H2,19,20,21);1H. The van der Waals surface area contributed by atoms with Gasteiger partial charge in [0, 0.05) is 39.6 Å². The highest BCUT2D eigenvalue weighted by molar-refractivity contribution is 14.0. The molecule has 24 heavy (non-hydrogen) atoms. The highest BCUT2D eigenvalue weighted by atomic mass is 127. The van der Waals surface area contributed by atoms with Gasteiger partial charge in [0.15, 0.2) is 5.96 Å². The van der Waals surface area contributed by atoms with Crippen molar-refractivity contribution in [1.82, 2.24) is 15.5 Å². The minimum absolute atomic E-state index is 0. The maximum absolute atomic E-state index is 12.2. The van der Waals surface area contributed by atoms with E-state index in [1.54, 1.807) is 4.90 Å². The number of aliphatic imine (C=N–C) groups is 1. The fourth-order valence-corrected chi connectivity index (χ4v) is 2.29. The largest absolute Gasteiger partial charge is 0.357 e. The summed E-state index contributed by atoms with van der Waals surface area (Å²) in [6.45, 7) is 5.02. The molecule has 134 valence electrons. The molecule has 2 rings (SSSR count). The van der Waals surface area contributed by atoms with Crippen LogP contribution in [-0.4, -0.2) is 43.4 Å². The molecule has 0 unspecified atom stereocenters. The lowest BCUT2D eigenvalue weighted by Crippen LogP contribution is -2.39. The van der Waals surface area contributed by atoms with Crippen LogP contribution in [0.3, 0.4) is 0 Å². The second-order valence-electron chi connectivity index (χ2n) is 6.08. The fourth-order valence-electron chi connectivity index (χ4n) is 2.29. The van der Waals surface area contributed by atoms with E-state index in [4.69, 9.17) is 0 Å². The van der Waals surface area contributed by atoms with Crippen molar-refractivity contribution in [2.75, 3.05) is 26.7 Å². The van der Waals surface area contributed by atoms with Crippen LogP contribution in [0.5, 0.6) is 0 Å². The molecule has 1 fully saturated rings. The number of amides is 1. The van der Waals surface area contributed by atoms with Crippen LogP contribution in [-0.2, 0) is 11.3 Å². The summed E-state index contributed by atoms with van der Waals surface area (Å²) in [7, 11) is 1.85. The summed E-state index contributed by atoms with van der Waals surface area (Å²) < 4.78 is 0. The second kappa shape index (κ2) is 11.3. The summed E-state index contributed by atoms with van der Waals surface area (Å²) in [6, 6.07) is 10.0. The van der Waals surface area contributed by atoms with Crippen LogP contribution in [0.25, 0.3) is 0 Å². The molecule has 6 heteroatoms. The minimum atomic E-state index is 0. The van der Waals surface area contributed by atoms with Crippen LogP contribution >= 0.6 is 24.0 Å². The monoisotopic (exact) mass is 444 g/mol. The zero-order chi connectivity index (χ0) is 16.5. The molecular formula is C18H29IN4O. The first kappa shape index (κ1) is 20.7. The van der Waals surface area contributed by atoms with E-state index in [0.717, 1.165) is 30.5 Å². The number of carbonyl (C=O) groups excluding carboxylic acids is 1. The summed E-state index contributed by atoms with van der Waals surface area (Å²) >= 11 is 0. The lowest BCUT2D eigenvalue weighted by Gasteiger charge is -2.18. The van der Waals surface area contributed by atoms with Crippen LogP contribution < -0.4 is 10.6 Å². The summed E-state index contributed by atoms with van der Waals surface area (Å²) in [4.78, 5) is 18.5. The van der Waals surface area contributed by atoms with Crippen molar-refractivity contribution in [3.05, 3.63) is 35.9 Å². The Kier molecular flexibility index (Phi) is 9.75. The Balaban J connectivity index is 0.00000288. The Hall–Kier alpha value is -1.31. The summed E-state index contributed by atoms with van der Waals surface area (Å²) in [5.74, 6) is 1.72. The van der Waals surface area contributed by atoms with E-state index in [-0.39, 0.29) is 29.9 Å². The molecule has 2 N–H and O–H groups in total. The Labute approximate surface area is 162 Å². The molecule has 1 amide bonds. The van der Waals surface area contributed by atoms with Gasteiger partial charge in [0.1, 0.15) is 0 Å². The summed E-state index contributed by atoms with van der Waals surface area (Å²) in [5.41, 5.74) is 1.15. The molecule has 0 atom stereocenters. The molecule has 0 bridgehead atoms. The van der Waals surface area contributed by atoms with E-state index < -0.39 is 0 Å². The smallest absolute Gasteiger partial charge is 0.224 e. The maximum atomic E-state index is 12.2. The zero-order valence-corrected chi connectivity index (χ0v) is 17.0. The topological polar surface area (TPSA) is 56.7 Å². The van der Waals surface area contributed by atoms with Crippen LogP contribution in [0.4, 0.5) is 0 Å². The van der Waals surface area contributed by atoms with Crippen molar-refractivity contribution in [1.29, 1.82) is 0 Å². The van der Waals surface area contributed by atoms with Crippen LogP contribution in [0.1, 0.15) is 31.7 Å². The molecule has 0 saturated heterocycles. The van der Waals surface area contributed by atoms with E-state index >= 15 is 0 Å². The molecule has 1 aliphatic rings. The molecule has 0 aliphatic heterocycles. The van der Waals surface area contributed by atoms with Gasteiger partial charge in [0.2, 0.25) is 5.91 Å². The van der Waals surface area contributed by atoms with Crippen LogP contribution in [0.15, 0.2) is 35.3 Å². The predicted octanol–water partition coefficient (Wildman–Crippen LogP) is 2.62. The normalized spacial score (nSPS) is 13.8. The number of benzene rings is 1. The minimum Gasteiger partial charge on any atom is -0.357 e. The van der Waals surface area contributed by atoms with Crippen molar-refractivity contribution in [3.8, 4) is 0 Å². The third kappa shape index (κ3) is 7.99. The van der Waals surface area contributed by atoms with Gasteiger partial charge in [-0.2, -0.15) is 0 Å². The molecule has 0 spiro atoms. The number of hydrogen-bond donors (Lipinski definition) is 2. The number of nitrogens with zero attached hydrogens (tertiary/aromatic N) is 2. The van der Waals surface area contributed by atoms with Crippen molar-refractivity contribution in [2.24, 2.45) is 10.9 Å². The first-order chi connectivity index (χ1) is 11.2. The Morgan fingerprint density at radius 1 is 1.25 bits per heavy atom. The van der Waals surface area contributed by atoms with Crippen molar-refractivity contribution >= 4 is 35.8 Å². The third-order valence-electron chi connectivity index (χ3n) is 3.87. The fraction of sp³-hybridized carbons (Fsp3) is 0.556. The molecule has 5 nitrogen and oxygen atoms in total. The SMILES string of the molecule is CCNC(=NCC1CC1)NCCC(=O)N(C)Cc1ccccc1.I. The van der Waals surface area contributed by atoms with Crippen molar-refractivity contribution < 1.29 is 4.79 Å². The highest BCUT2D eigenvalue weighted by Crippen LogP contribution is 2.28. The quantitative estimate of drug-likeness (QED) is 0.368. The lowest BCUT2D eigenvalue weighted by molar-refractivity contribution is -0.130. The van der Waals surface area contributed by atoms with Gasteiger partial charge in [-0.25, -0.2) is 0 Å². The number of carbonyl (C=O) groups is 1. The maximum Gasteiger partial charge on any atom is 0.224 e. The van der Waals surface area contributed by atoms with Gasteiger partial charge in [-0.3, -0.25) is 9.79 Å². The molecule has 1 saturated carbocycles. The lowest BCUT2D eigenvalue weighted by atomic mass is 10.2. The Morgan fingerprint density at radius 2 is 1.96 bits per heavy atom. The molecule has 0 heterocycles.